The van der Waals surface area contributed by atoms with Crippen molar-refractivity contribution in [3.8, 4) is 0 Å². The van der Waals surface area contributed by atoms with Crippen LogP contribution >= 0.6 is 21.6 Å². The monoisotopic (exact) mass is 1230 g/mol. The molecule has 0 saturated carbocycles. The van der Waals surface area contributed by atoms with E-state index in [9.17, 15) is 44.4 Å². The van der Waals surface area contributed by atoms with Crippen LogP contribution in [0.3, 0.4) is 0 Å². The summed E-state index contributed by atoms with van der Waals surface area (Å²) in [6.07, 6.45) is 16.9. The highest BCUT2D eigenvalue weighted by atomic mass is 33.1. The molecule has 0 aromatic rings. The van der Waals surface area contributed by atoms with Crippen molar-refractivity contribution >= 4 is 51.4 Å². The lowest BCUT2D eigenvalue weighted by atomic mass is 10.1. The van der Waals surface area contributed by atoms with Crippen LogP contribution in [0.15, 0.2) is 0 Å². The molecule has 4 unspecified atom stereocenters. The predicted molar refractivity (Wildman–Crippen MR) is 340 cm³/mol. The van der Waals surface area contributed by atoms with Crippen LogP contribution in [0.2, 0.25) is 0 Å². The minimum atomic E-state index is -0.572. The van der Waals surface area contributed by atoms with Crippen molar-refractivity contribution in [2.45, 2.75) is 252 Å². The molecule has 0 aromatic carbocycles. The van der Waals surface area contributed by atoms with E-state index in [4.69, 9.17) is 23.7 Å². The minimum Gasteiger partial charge on any atom is -0.466 e. The topological polar surface area (TPSA) is 225 Å². The predicted octanol–water partition coefficient (Wildman–Crippen LogP) is 10.0. The number of hydrogen-bond donors (Lipinski definition) is 4. The summed E-state index contributed by atoms with van der Waals surface area (Å²) in [7, 11) is 3.73. The first-order valence-corrected chi connectivity index (χ1v) is 35.7. The fourth-order valence-electron chi connectivity index (χ4n) is 10.2. The second kappa shape index (κ2) is 53.7. The van der Waals surface area contributed by atoms with Gasteiger partial charge in [-0.15, -0.1) is 0 Å². The number of rotatable bonds is 57. The summed E-state index contributed by atoms with van der Waals surface area (Å²) in [5.41, 5.74) is 0. The van der Waals surface area contributed by atoms with Crippen molar-refractivity contribution in [2.24, 2.45) is 11.8 Å². The molecule has 0 aromatic heterocycles. The van der Waals surface area contributed by atoms with Crippen molar-refractivity contribution in [3.05, 3.63) is 0 Å². The SMILES string of the molecule is CCOC(=O)CCCCC(O)CN(CCCSSCCN1CCN(CCOC(=O)CCCN(CC(O)CCCCCCC(=O)OCC(CC)CC)CC(O)CCCCCCC(=O)OCC(CC)CC)CC1)CC(O)CCCCC(=O)OC(C)C. The summed E-state index contributed by atoms with van der Waals surface area (Å²) >= 11 is 0. The number of carbonyl (C=O) groups excluding carboxylic acids is 5. The van der Waals surface area contributed by atoms with E-state index in [0.717, 1.165) is 147 Å². The number of esters is 5. The molecule has 4 N–H and O–H groups in total. The van der Waals surface area contributed by atoms with Gasteiger partial charge in [0.15, 0.2) is 0 Å². The molecule has 1 saturated heterocycles. The molecule has 0 spiro atoms. The lowest BCUT2D eigenvalue weighted by Crippen LogP contribution is -2.47. The molecular weight excluding hydrogens is 1110 g/mol. The summed E-state index contributed by atoms with van der Waals surface area (Å²) in [4.78, 5) is 70.0. The Morgan fingerprint density at radius 1 is 0.429 bits per heavy atom. The van der Waals surface area contributed by atoms with Gasteiger partial charge in [0.2, 0.25) is 0 Å². The van der Waals surface area contributed by atoms with E-state index in [1.165, 1.54) is 0 Å². The van der Waals surface area contributed by atoms with E-state index >= 15 is 0 Å². The Hall–Kier alpha value is -2.27. The van der Waals surface area contributed by atoms with E-state index in [-0.39, 0.29) is 42.4 Å². The largest absolute Gasteiger partial charge is 0.466 e. The van der Waals surface area contributed by atoms with Crippen LogP contribution in [0.1, 0.15) is 222 Å². The molecule has 20 heteroatoms. The minimum absolute atomic E-state index is 0.134. The number of piperazine rings is 1. The summed E-state index contributed by atoms with van der Waals surface area (Å²) in [5, 5.41) is 43.9. The molecule has 0 bridgehead atoms. The van der Waals surface area contributed by atoms with Gasteiger partial charge in [-0.2, -0.15) is 0 Å². The van der Waals surface area contributed by atoms with Crippen molar-refractivity contribution in [1.82, 2.24) is 19.6 Å². The van der Waals surface area contributed by atoms with Crippen LogP contribution < -0.4 is 0 Å². The van der Waals surface area contributed by atoms with Crippen LogP contribution in [-0.2, 0) is 47.7 Å². The third-order valence-electron chi connectivity index (χ3n) is 15.8. The van der Waals surface area contributed by atoms with Gasteiger partial charge >= 0.3 is 29.8 Å². The first-order chi connectivity index (χ1) is 40.5. The molecule has 4 atom stereocenters. The molecule has 1 aliphatic rings. The average Bonchev–Trinajstić information content (AvgIpc) is 3.55. The van der Waals surface area contributed by atoms with E-state index < -0.39 is 24.4 Å². The smallest absolute Gasteiger partial charge is 0.306 e. The van der Waals surface area contributed by atoms with Crippen LogP contribution in [-0.4, -0.2) is 217 Å². The van der Waals surface area contributed by atoms with Gasteiger partial charge in [-0.1, -0.05) is 126 Å². The Kier molecular flexibility index (Phi) is 51.0. The second-order valence-electron chi connectivity index (χ2n) is 23.6. The van der Waals surface area contributed by atoms with Crippen molar-refractivity contribution in [1.29, 1.82) is 0 Å². The second-order valence-corrected chi connectivity index (χ2v) is 26.3. The summed E-state index contributed by atoms with van der Waals surface area (Å²) in [5.74, 6) is 1.87. The molecule has 0 aliphatic carbocycles. The molecule has 0 amide bonds. The van der Waals surface area contributed by atoms with Gasteiger partial charge in [0, 0.05) is 109 Å². The maximum absolute atomic E-state index is 12.9. The van der Waals surface area contributed by atoms with Gasteiger partial charge < -0.3 is 44.1 Å². The zero-order valence-electron chi connectivity index (χ0n) is 53.8. The first-order valence-electron chi connectivity index (χ1n) is 33.2. The molecule has 1 aliphatic heterocycles. The maximum atomic E-state index is 12.9. The van der Waals surface area contributed by atoms with Gasteiger partial charge in [-0.05, 0) is 110 Å². The van der Waals surface area contributed by atoms with E-state index in [1.807, 2.05) is 35.4 Å². The van der Waals surface area contributed by atoms with E-state index in [0.29, 0.717) is 148 Å². The van der Waals surface area contributed by atoms with E-state index in [2.05, 4.69) is 47.3 Å². The van der Waals surface area contributed by atoms with Crippen LogP contribution in [0, 0.1) is 11.8 Å². The maximum Gasteiger partial charge on any atom is 0.306 e. The number of aliphatic hydroxyl groups excluding tert-OH is 4. The molecule has 1 fully saturated rings. The Labute approximate surface area is 517 Å². The van der Waals surface area contributed by atoms with E-state index in [1.54, 1.807) is 6.92 Å². The van der Waals surface area contributed by atoms with Crippen LogP contribution in [0.5, 0.6) is 0 Å². The summed E-state index contributed by atoms with van der Waals surface area (Å²) in [6.45, 7) is 24.1. The zero-order chi connectivity index (χ0) is 62.0. The zero-order valence-corrected chi connectivity index (χ0v) is 55.5. The highest BCUT2D eigenvalue weighted by Crippen LogP contribution is 2.23. The Morgan fingerprint density at radius 3 is 1.23 bits per heavy atom. The third-order valence-corrected chi connectivity index (χ3v) is 18.2. The number of unbranched alkanes of at least 4 members (excludes halogenated alkanes) is 8. The van der Waals surface area contributed by atoms with Gasteiger partial charge in [-0.25, -0.2) is 0 Å². The van der Waals surface area contributed by atoms with Crippen LogP contribution in [0.25, 0.3) is 0 Å². The Morgan fingerprint density at radius 2 is 0.786 bits per heavy atom. The first kappa shape index (κ1) is 79.7. The average molecular weight is 1240 g/mol. The van der Waals surface area contributed by atoms with Gasteiger partial charge in [-0.3, -0.25) is 43.6 Å². The number of ether oxygens (including phenoxy) is 5. The standard InChI is InChI=1S/C64H122N4O14S2/c1-8-54(9-2)51-80-62(75)31-19-15-13-17-27-56(69)47-67(48-57(70)28-18-14-16-20-32-63(76)81-52-55(10-3)11-4)36-25-35-61(74)79-44-42-65-38-40-66(41-39-65)43-46-84-83-45-26-37-68(49-58(71)29-21-23-33-60(73)78-12-5)50-59(72)30-22-24-34-64(77)82-53(6)7/h53-59,69-72H,8-52H2,1-7H3. The number of aliphatic hydroxyl groups is 4. The quantitative estimate of drug-likeness (QED) is 0.0192. The van der Waals surface area contributed by atoms with Gasteiger partial charge in [0.1, 0.15) is 6.61 Å². The number of nitrogens with zero attached hydrogens (tertiary/aromatic N) is 4. The molecule has 1 rings (SSSR count). The van der Waals surface area contributed by atoms with Crippen molar-refractivity contribution in [2.75, 3.05) is 116 Å². The molecule has 84 heavy (non-hydrogen) atoms. The Bertz CT molecular complexity index is 1580. The fourth-order valence-corrected chi connectivity index (χ4v) is 12.3. The molecule has 18 nitrogen and oxygen atoms in total. The highest BCUT2D eigenvalue weighted by Gasteiger charge is 2.21. The van der Waals surface area contributed by atoms with Crippen molar-refractivity contribution in [3.63, 3.8) is 0 Å². The molecular formula is C64H122N4O14S2. The third kappa shape index (κ3) is 46.8. The molecule has 0 radical (unpaired) electrons. The lowest BCUT2D eigenvalue weighted by Gasteiger charge is -2.34. The van der Waals surface area contributed by atoms with Gasteiger partial charge in [0.05, 0.1) is 50.3 Å². The normalized spacial score (nSPS) is 14.8. The van der Waals surface area contributed by atoms with Crippen molar-refractivity contribution < 1.29 is 68.1 Å². The lowest BCUT2D eigenvalue weighted by molar-refractivity contribution is -0.148. The Balaban J connectivity index is 2.47. The fraction of sp³-hybridized carbons (Fsp3) is 0.922. The number of carbonyl (C=O) groups is 5. The molecule has 1 heterocycles. The number of hydrogen-bond acceptors (Lipinski definition) is 20. The molecule has 494 valence electrons. The van der Waals surface area contributed by atoms with Crippen LogP contribution in [0.4, 0.5) is 0 Å². The van der Waals surface area contributed by atoms with Gasteiger partial charge in [0.25, 0.3) is 0 Å². The highest BCUT2D eigenvalue weighted by molar-refractivity contribution is 8.76. The summed E-state index contributed by atoms with van der Waals surface area (Å²) in [6, 6.07) is 0. The summed E-state index contributed by atoms with van der Waals surface area (Å²) < 4.78 is 26.8.